The smallest absolute Gasteiger partial charge is 0.230 e. The Kier molecular flexibility index (Phi) is 2.99. The molecule has 21 heavy (non-hydrogen) atoms. The standard InChI is InChI=1S/C14H11N3O3S/c1-7(18)17-12(13(20)16-14(17)21)4-8-6-15-11-3-2-9(19)5-10(8)11/h2-6,19-20H,1H3,(H,16,21)/b8-4+. The van der Waals surface area contributed by atoms with Gasteiger partial charge in [-0.15, -0.1) is 0 Å². The zero-order valence-electron chi connectivity index (χ0n) is 11.0. The van der Waals surface area contributed by atoms with Crippen LogP contribution in [0.25, 0.3) is 11.6 Å². The quantitative estimate of drug-likeness (QED) is 0.706. The molecule has 0 fully saturated rings. The zero-order chi connectivity index (χ0) is 15.1. The van der Waals surface area contributed by atoms with E-state index >= 15 is 0 Å². The van der Waals surface area contributed by atoms with Gasteiger partial charge in [0.15, 0.2) is 4.77 Å². The van der Waals surface area contributed by atoms with Crippen molar-refractivity contribution in [2.24, 2.45) is 4.99 Å². The van der Waals surface area contributed by atoms with E-state index in [2.05, 4.69) is 9.98 Å². The average Bonchev–Trinajstić information content (AvgIpc) is 2.92. The maximum Gasteiger partial charge on any atom is 0.230 e. The maximum atomic E-state index is 11.6. The molecule has 0 radical (unpaired) electrons. The number of aromatic hydroxyl groups is 2. The first kappa shape index (κ1) is 13.3. The van der Waals surface area contributed by atoms with Crippen LogP contribution in [0.4, 0.5) is 5.69 Å². The van der Waals surface area contributed by atoms with E-state index in [4.69, 9.17) is 12.2 Å². The van der Waals surface area contributed by atoms with E-state index in [-0.39, 0.29) is 28.0 Å². The van der Waals surface area contributed by atoms with Crippen molar-refractivity contribution < 1.29 is 15.0 Å². The molecular weight excluding hydrogens is 290 g/mol. The topological polar surface area (TPSA) is 90.6 Å². The largest absolute Gasteiger partial charge is 0.508 e. The van der Waals surface area contributed by atoms with E-state index in [9.17, 15) is 15.0 Å². The molecule has 0 aliphatic carbocycles. The number of hydrogen-bond donors (Lipinski definition) is 3. The molecule has 0 amide bonds. The van der Waals surface area contributed by atoms with Crippen molar-refractivity contribution >= 4 is 41.7 Å². The third-order valence-corrected chi connectivity index (χ3v) is 3.44. The monoisotopic (exact) mass is 301 g/mol. The van der Waals surface area contributed by atoms with Gasteiger partial charge in [0.2, 0.25) is 11.8 Å². The lowest BCUT2D eigenvalue weighted by Crippen LogP contribution is -2.07. The number of fused-ring (bicyclic) bond motifs is 1. The second-order valence-electron chi connectivity index (χ2n) is 4.58. The third-order valence-electron chi connectivity index (χ3n) is 3.15. The number of carbonyl (C=O) groups is 1. The van der Waals surface area contributed by atoms with E-state index in [1.165, 1.54) is 11.5 Å². The van der Waals surface area contributed by atoms with Crippen molar-refractivity contribution in [2.45, 2.75) is 6.92 Å². The predicted octanol–water partition coefficient (Wildman–Crippen LogP) is 2.87. The van der Waals surface area contributed by atoms with Gasteiger partial charge >= 0.3 is 0 Å². The first-order valence-corrected chi connectivity index (χ1v) is 6.52. The van der Waals surface area contributed by atoms with Gasteiger partial charge in [0.05, 0.1) is 5.69 Å². The van der Waals surface area contributed by atoms with Crippen LogP contribution < -0.4 is 0 Å². The number of imidazole rings is 1. The van der Waals surface area contributed by atoms with E-state index in [0.717, 1.165) is 5.56 Å². The molecule has 0 unspecified atom stereocenters. The van der Waals surface area contributed by atoms with E-state index in [1.807, 2.05) is 0 Å². The Labute approximate surface area is 124 Å². The molecule has 1 aliphatic heterocycles. The van der Waals surface area contributed by atoms with Gasteiger partial charge < -0.3 is 15.2 Å². The Morgan fingerprint density at radius 3 is 2.90 bits per heavy atom. The Morgan fingerprint density at radius 1 is 1.43 bits per heavy atom. The second kappa shape index (κ2) is 4.71. The summed E-state index contributed by atoms with van der Waals surface area (Å²) in [7, 11) is 0. The third kappa shape index (κ3) is 2.17. The number of aromatic amines is 1. The van der Waals surface area contributed by atoms with Crippen molar-refractivity contribution in [3.8, 4) is 11.6 Å². The van der Waals surface area contributed by atoms with Gasteiger partial charge in [0, 0.05) is 24.3 Å². The summed E-state index contributed by atoms with van der Waals surface area (Å²) in [4.78, 5) is 18.4. The number of phenolic OH excluding ortho intramolecular Hbond substituents is 1. The highest BCUT2D eigenvalue weighted by molar-refractivity contribution is 7.71. The molecule has 1 aromatic carbocycles. The molecule has 7 heteroatoms. The van der Waals surface area contributed by atoms with Crippen molar-refractivity contribution in [1.29, 1.82) is 0 Å². The number of benzene rings is 1. The minimum absolute atomic E-state index is 0.117. The number of nitrogens with one attached hydrogen (secondary N) is 1. The molecule has 3 rings (SSSR count). The lowest BCUT2D eigenvalue weighted by Gasteiger charge is -2.03. The van der Waals surface area contributed by atoms with Gasteiger partial charge in [-0.25, -0.2) is 0 Å². The van der Waals surface area contributed by atoms with Crippen LogP contribution in [0, 0.1) is 4.77 Å². The predicted molar refractivity (Wildman–Crippen MR) is 81.7 cm³/mol. The summed E-state index contributed by atoms with van der Waals surface area (Å²) >= 11 is 5.00. The highest BCUT2D eigenvalue weighted by Gasteiger charge is 2.17. The van der Waals surface area contributed by atoms with Crippen LogP contribution in [0.1, 0.15) is 23.0 Å². The Hall–Kier alpha value is -2.67. The van der Waals surface area contributed by atoms with Crippen LogP contribution in [0.3, 0.4) is 0 Å². The number of hydrogen-bond acceptors (Lipinski definition) is 5. The summed E-state index contributed by atoms with van der Waals surface area (Å²) < 4.78 is 1.32. The van der Waals surface area contributed by atoms with Crippen LogP contribution in [0.2, 0.25) is 0 Å². The second-order valence-corrected chi connectivity index (χ2v) is 4.96. The van der Waals surface area contributed by atoms with Crippen LogP contribution in [0.5, 0.6) is 11.6 Å². The number of rotatable bonds is 1. The van der Waals surface area contributed by atoms with Gasteiger partial charge in [-0.1, -0.05) is 0 Å². The first-order chi connectivity index (χ1) is 9.97. The van der Waals surface area contributed by atoms with Crippen LogP contribution in [0.15, 0.2) is 23.2 Å². The van der Waals surface area contributed by atoms with E-state index < -0.39 is 0 Å². The summed E-state index contributed by atoms with van der Waals surface area (Å²) in [5, 5.41) is 19.5. The lowest BCUT2D eigenvalue weighted by molar-refractivity contribution is 0.0934. The molecule has 2 aromatic rings. The summed E-state index contributed by atoms with van der Waals surface area (Å²) in [5.74, 6) is -0.383. The highest BCUT2D eigenvalue weighted by atomic mass is 32.1. The van der Waals surface area contributed by atoms with Crippen molar-refractivity contribution in [3.63, 3.8) is 0 Å². The molecule has 2 heterocycles. The van der Waals surface area contributed by atoms with Gasteiger partial charge in [0.1, 0.15) is 11.4 Å². The van der Waals surface area contributed by atoms with Crippen LogP contribution in [-0.4, -0.2) is 31.9 Å². The van der Waals surface area contributed by atoms with Crippen molar-refractivity contribution in [3.05, 3.63) is 34.2 Å². The highest BCUT2D eigenvalue weighted by Crippen LogP contribution is 2.35. The van der Waals surface area contributed by atoms with Gasteiger partial charge in [-0.3, -0.25) is 14.4 Å². The molecule has 106 valence electrons. The summed E-state index contributed by atoms with van der Waals surface area (Å²) in [5.41, 5.74) is 2.35. The number of phenols is 1. The Morgan fingerprint density at radius 2 is 2.19 bits per heavy atom. The minimum Gasteiger partial charge on any atom is -0.508 e. The normalized spacial score (nSPS) is 14.6. The average molecular weight is 301 g/mol. The molecule has 0 saturated heterocycles. The molecule has 0 bridgehead atoms. The van der Waals surface area contributed by atoms with E-state index in [0.29, 0.717) is 11.3 Å². The fourth-order valence-electron chi connectivity index (χ4n) is 2.22. The number of aliphatic imine (C=N–C) groups is 1. The molecule has 6 nitrogen and oxygen atoms in total. The van der Waals surface area contributed by atoms with Crippen LogP contribution >= 0.6 is 12.2 Å². The van der Waals surface area contributed by atoms with E-state index in [1.54, 1.807) is 30.5 Å². The lowest BCUT2D eigenvalue weighted by atomic mass is 10.1. The minimum atomic E-state index is -0.311. The molecule has 3 N–H and O–H groups in total. The summed E-state index contributed by atoms with van der Waals surface area (Å²) in [6, 6.07) is 4.81. The maximum absolute atomic E-state index is 11.6. The first-order valence-electron chi connectivity index (χ1n) is 6.11. The van der Waals surface area contributed by atoms with Crippen LogP contribution in [-0.2, 0) is 0 Å². The fraction of sp³-hybridized carbons (Fsp3) is 0.0714. The van der Waals surface area contributed by atoms with Gasteiger partial charge in [0.25, 0.3) is 0 Å². The SMILES string of the molecule is CC(=O)n1c(/C=C2\C=Nc3ccc(O)cc32)c(O)[nH]c1=S. The number of allylic oxidation sites excluding steroid dienone is 1. The van der Waals surface area contributed by atoms with Crippen molar-refractivity contribution in [2.75, 3.05) is 0 Å². The number of carbonyl (C=O) groups excluding carboxylic acids is 1. The Balaban J connectivity index is 2.19. The van der Waals surface area contributed by atoms with Gasteiger partial charge in [-0.2, -0.15) is 0 Å². The molecule has 1 aromatic heterocycles. The fourth-order valence-corrected chi connectivity index (χ4v) is 2.54. The molecule has 0 spiro atoms. The number of aromatic nitrogens is 2. The Bertz CT molecular complexity index is 874. The molecule has 1 aliphatic rings. The number of H-pyrrole nitrogens is 1. The van der Waals surface area contributed by atoms with Crippen molar-refractivity contribution in [1.82, 2.24) is 9.55 Å². The molecular formula is C14H11N3O3S. The molecule has 0 atom stereocenters. The zero-order valence-corrected chi connectivity index (χ0v) is 11.8. The summed E-state index contributed by atoms with van der Waals surface area (Å²) in [6.45, 7) is 1.35. The summed E-state index contributed by atoms with van der Waals surface area (Å²) in [6.07, 6.45) is 3.20. The molecule has 0 saturated carbocycles. The number of nitrogens with zero attached hydrogens (tertiary/aromatic N) is 2. The van der Waals surface area contributed by atoms with Gasteiger partial charge in [-0.05, 0) is 36.5 Å².